The van der Waals surface area contributed by atoms with E-state index in [0.717, 1.165) is 10.5 Å². The first-order valence-electron chi connectivity index (χ1n) is 7.53. The zero-order chi connectivity index (χ0) is 17.5. The van der Waals surface area contributed by atoms with Crippen LogP contribution < -0.4 is 4.74 Å². The summed E-state index contributed by atoms with van der Waals surface area (Å²) in [5.41, 5.74) is 0.823. The molecule has 130 valence electrons. The monoisotopic (exact) mass is 329 g/mol. The SMILES string of the molecule is COCCN(CC(F)F)C(=O)COc1ccccc1C(C)(C)C. The van der Waals surface area contributed by atoms with Crippen molar-refractivity contribution in [3.63, 3.8) is 0 Å². The maximum Gasteiger partial charge on any atom is 0.260 e. The highest BCUT2D eigenvalue weighted by Gasteiger charge is 2.21. The molecule has 1 aromatic carbocycles. The normalized spacial score (nSPS) is 11.6. The molecule has 1 rings (SSSR count). The van der Waals surface area contributed by atoms with Gasteiger partial charge >= 0.3 is 0 Å². The van der Waals surface area contributed by atoms with E-state index in [2.05, 4.69) is 0 Å². The molecule has 0 saturated heterocycles. The Morgan fingerprint density at radius 2 is 1.91 bits per heavy atom. The molecule has 0 fully saturated rings. The van der Waals surface area contributed by atoms with Gasteiger partial charge < -0.3 is 14.4 Å². The number of ether oxygens (including phenoxy) is 2. The van der Waals surface area contributed by atoms with E-state index < -0.39 is 18.9 Å². The van der Waals surface area contributed by atoms with Gasteiger partial charge in [-0.15, -0.1) is 0 Å². The Labute approximate surface area is 136 Å². The van der Waals surface area contributed by atoms with Crippen molar-refractivity contribution in [3.05, 3.63) is 29.8 Å². The molecule has 23 heavy (non-hydrogen) atoms. The molecule has 0 aromatic heterocycles. The number of hydrogen-bond donors (Lipinski definition) is 0. The predicted octanol–water partition coefficient (Wildman–Crippen LogP) is 3.10. The molecule has 1 amide bonds. The molecular weight excluding hydrogens is 304 g/mol. The second-order valence-corrected chi connectivity index (χ2v) is 6.26. The van der Waals surface area contributed by atoms with Crippen molar-refractivity contribution < 1.29 is 23.0 Å². The minimum absolute atomic E-state index is 0.115. The number of methoxy groups -OCH3 is 1. The summed E-state index contributed by atoms with van der Waals surface area (Å²) in [6.07, 6.45) is -2.59. The van der Waals surface area contributed by atoms with Crippen LogP contribution in [0.15, 0.2) is 24.3 Å². The van der Waals surface area contributed by atoms with Gasteiger partial charge in [0.2, 0.25) is 0 Å². The number of amides is 1. The van der Waals surface area contributed by atoms with Crippen LogP contribution in [0.2, 0.25) is 0 Å². The summed E-state index contributed by atoms with van der Waals surface area (Å²) >= 11 is 0. The zero-order valence-corrected chi connectivity index (χ0v) is 14.1. The maximum absolute atomic E-state index is 12.6. The number of para-hydroxylation sites is 1. The second-order valence-electron chi connectivity index (χ2n) is 6.26. The highest BCUT2D eigenvalue weighted by Crippen LogP contribution is 2.30. The third-order valence-corrected chi connectivity index (χ3v) is 3.32. The number of hydrogen-bond acceptors (Lipinski definition) is 3. The Bertz CT molecular complexity index is 501. The van der Waals surface area contributed by atoms with Crippen LogP contribution in [0, 0.1) is 0 Å². The predicted molar refractivity (Wildman–Crippen MR) is 85.1 cm³/mol. The fourth-order valence-electron chi connectivity index (χ4n) is 2.13. The molecular formula is C17H25F2NO3. The molecule has 0 radical (unpaired) electrons. The van der Waals surface area contributed by atoms with Crippen LogP contribution in [0.3, 0.4) is 0 Å². The van der Waals surface area contributed by atoms with Crippen molar-refractivity contribution in [2.24, 2.45) is 0 Å². The lowest BCUT2D eigenvalue weighted by Crippen LogP contribution is -2.40. The van der Waals surface area contributed by atoms with Crippen molar-refractivity contribution in [1.29, 1.82) is 0 Å². The first-order chi connectivity index (χ1) is 10.8. The van der Waals surface area contributed by atoms with Gasteiger partial charge in [0.1, 0.15) is 5.75 Å². The van der Waals surface area contributed by atoms with Crippen molar-refractivity contribution in [2.45, 2.75) is 32.6 Å². The minimum Gasteiger partial charge on any atom is -0.483 e. The summed E-state index contributed by atoms with van der Waals surface area (Å²) < 4.78 is 35.6. The van der Waals surface area contributed by atoms with Gasteiger partial charge in [0, 0.05) is 13.7 Å². The van der Waals surface area contributed by atoms with Crippen LogP contribution in [0.4, 0.5) is 8.78 Å². The second kappa shape index (κ2) is 8.82. The summed E-state index contributed by atoms with van der Waals surface area (Å²) in [5, 5.41) is 0. The number of nitrogens with zero attached hydrogens (tertiary/aromatic N) is 1. The van der Waals surface area contributed by atoms with E-state index in [1.807, 2.05) is 39.0 Å². The van der Waals surface area contributed by atoms with Crippen molar-refractivity contribution in [2.75, 3.05) is 33.4 Å². The van der Waals surface area contributed by atoms with Crippen LogP contribution in [-0.2, 0) is 14.9 Å². The molecule has 0 aliphatic heterocycles. The van der Waals surface area contributed by atoms with Crippen molar-refractivity contribution >= 4 is 5.91 Å². The minimum atomic E-state index is -2.59. The standard InChI is InChI=1S/C17H25F2NO3/c1-17(2,3)13-7-5-6-8-14(13)23-12-16(21)20(9-10-22-4)11-15(18)19/h5-8,15H,9-12H2,1-4H3. The highest BCUT2D eigenvalue weighted by molar-refractivity contribution is 5.77. The van der Waals surface area contributed by atoms with Gasteiger partial charge in [0.25, 0.3) is 12.3 Å². The van der Waals surface area contributed by atoms with Gasteiger partial charge in [-0.2, -0.15) is 0 Å². The fraction of sp³-hybridized carbons (Fsp3) is 0.588. The van der Waals surface area contributed by atoms with E-state index >= 15 is 0 Å². The molecule has 0 atom stereocenters. The largest absolute Gasteiger partial charge is 0.483 e. The van der Waals surface area contributed by atoms with Gasteiger partial charge in [0.05, 0.1) is 13.2 Å². The molecule has 1 aromatic rings. The molecule has 0 aliphatic rings. The Morgan fingerprint density at radius 3 is 2.48 bits per heavy atom. The molecule has 0 unspecified atom stereocenters. The lowest BCUT2D eigenvalue weighted by Gasteiger charge is -2.25. The summed E-state index contributed by atoms with van der Waals surface area (Å²) in [6, 6.07) is 7.43. The van der Waals surface area contributed by atoms with Gasteiger partial charge in [-0.1, -0.05) is 39.0 Å². The molecule has 0 saturated carbocycles. The van der Waals surface area contributed by atoms with Crippen molar-refractivity contribution in [3.8, 4) is 5.75 Å². The van der Waals surface area contributed by atoms with Gasteiger partial charge in [-0.05, 0) is 17.0 Å². The summed E-state index contributed by atoms with van der Waals surface area (Å²) in [5.74, 6) is 0.114. The van der Waals surface area contributed by atoms with Crippen LogP contribution >= 0.6 is 0 Å². The van der Waals surface area contributed by atoms with Gasteiger partial charge in [-0.25, -0.2) is 8.78 Å². The van der Waals surface area contributed by atoms with Crippen LogP contribution in [0.1, 0.15) is 26.3 Å². The highest BCUT2D eigenvalue weighted by atomic mass is 19.3. The van der Waals surface area contributed by atoms with E-state index in [0.29, 0.717) is 5.75 Å². The lowest BCUT2D eigenvalue weighted by molar-refractivity contribution is -0.136. The average Bonchev–Trinajstić information content (AvgIpc) is 2.48. The number of carbonyl (C=O) groups excluding carboxylic acids is 1. The summed E-state index contributed by atoms with van der Waals surface area (Å²) in [7, 11) is 1.46. The van der Waals surface area contributed by atoms with E-state index in [1.54, 1.807) is 6.07 Å². The van der Waals surface area contributed by atoms with Crippen LogP contribution in [0.25, 0.3) is 0 Å². The smallest absolute Gasteiger partial charge is 0.260 e. The molecule has 0 spiro atoms. The van der Waals surface area contributed by atoms with E-state index in [1.165, 1.54) is 7.11 Å². The first-order valence-corrected chi connectivity index (χ1v) is 7.53. The molecule has 0 bridgehead atoms. The first kappa shape index (κ1) is 19.4. The Balaban J connectivity index is 2.74. The lowest BCUT2D eigenvalue weighted by atomic mass is 9.86. The van der Waals surface area contributed by atoms with Gasteiger partial charge in [-0.3, -0.25) is 4.79 Å². The molecule has 4 nitrogen and oxygen atoms in total. The maximum atomic E-state index is 12.6. The van der Waals surface area contributed by atoms with E-state index in [9.17, 15) is 13.6 Å². The van der Waals surface area contributed by atoms with Crippen molar-refractivity contribution in [1.82, 2.24) is 4.90 Å². The molecule has 6 heteroatoms. The van der Waals surface area contributed by atoms with Gasteiger partial charge in [0.15, 0.2) is 6.61 Å². The molecule has 0 aliphatic carbocycles. The molecule has 0 N–H and O–H groups in total. The van der Waals surface area contributed by atoms with E-state index in [4.69, 9.17) is 9.47 Å². The molecule has 0 heterocycles. The Hall–Kier alpha value is -1.69. The Kier molecular flexibility index (Phi) is 7.42. The number of alkyl halides is 2. The number of rotatable bonds is 8. The quantitative estimate of drug-likeness (QED) is 0.736. The topological polar surface area (TPSA) is 38.8 Å². The number of halogens is 2. The summed E-state index contributed by atoms with van der Waals surface area (Å²) in [4.78, 5) is 13.2. The van der Waals surface area contributed by atoms with Crippen LogP contribution in [-0.4, -0.2) is 50.6 Å². The average molecular weight is 329 g/mol. The third kappa shape index (κ3) is 6.52. The van der Waals surface area contributed by atoms with Crippen LogP contribution in [0.5, 0.6) is 5.75 Å². The zero-order valence-electron chi connectivity index (χ0n) is 14.1. The number of carbonyl (C=O) groups is 1. The summed E-state index contributed by atoms with van der Waals surface area (Å²) in [6.45, 7) is 5.55. The Morgan fingerprint density at radius 1 is 1.26 bits per heavy atom. The fourth-order valence-corrected chi connectivity index (χ4v) is 2.13. The number of benzene rings is 1. The van der Waals surface area contributed by atoms with E-state index in [-0.39, 0.29) is 25.2 Å². The third-order valence-electron chi connectivity index (χ3n) is 3.32.